The van der Waals surface area contributed by atoms with Crippen molar-refractivity contribution in [3.05, 3.63) is 57.3 Å². The van der Waals surface area contributed by atoms with Gasteiger partial charge >= 0.3 is 13.2 Å². The Morgan fingerprint density at radius 2 is 1.81 bits per heavy atom. The Labute approximate surface area is 219 Å². The highest BCUT2D eigenvalue weighted by Gasteiger charge is 2.53. The van der Waals surface area contributed by atoms with E-state index in [-0.39, 0.29) is 17.5 Å². The number of ether oxygens (including phenoxy) is 1. The monoisotopic (exact) mass is 507 g/mol. The van der Waals surface area contributed by atoms with Gasteiger partial charge in [0, 0.05) is 6.54 Å². The lowest BCUT2D eigenvalue weighted by Gasteiger charge is -2.32. The molecule has 37 heavy (non-hydrogen) atoms. The van der Waals surface area contributed by atoms with E-state index in [1.807, 2.05) is 60.6 Å². The Morgan fingerprint density at radius 1 is 1.14 bits per heavy atom. The van der Waals surface area contributed by atoms with E-state index in [2.05, 4.69) is 17.1 Å². The van der Waals surface area contributed by atoms with Crippen LogP contribution in [-0.4, -0.2) is 51.4 Å². The maximum Gasteiger partial charge on any atom is 0.494 e. The van der Waals surface area contributed by atoms with Gasteiger partial charge in [0.25, 0.3) is 5.56 Å². The van der Waals surface area contributed by atoms with Gasteiger partial charge < -0.3 is 23.9 Å². The number of aromatic amines is 1. The first kappa shape index (κ1) is 26.0. The Morgan fingerprint density at radius 3 is 2.43 bits per heavy atom. The fourth-order valence-corrected chi connectivity index (χ4v) is 5.08. The van der Waals surface area contributed by atoms with Crippen LogP contribution in [0.25, 0.3) is 0 Å². The number of nitrogens with zero attached hydrogens (tertiary/aromatic N) is 2. The van der Waals surface area contributed by atoms with Crippen molar-refractivity contribution in [2.75, 3.05) is 6.54 Å². The molecule has 0 bridgehead atoms. The molecule has 5 rings (SSSR count). The molecule has 0 spiro atoms. The van der Waals surface area contributed by atoms with Crippen LogP contribution in [0.15, 0.2) is 29.1 Å². The fourth-order valence-electron chi connectivity index (χ4n) is 5.08. The number of aromatic nitrogens is 2. The van der Waals surface area contributed by atoms with E-state index in [1.54, 1.807) is 4.90 Å². The van der Waals surface area contributed by atoms with Crippen LogP contribution in [0.1, 0.15) is 90.4 Å². The molecule has 3 aliphatic rings. The molecule has 1 aliphatic carbocycles. The summed E-state index contributed by atoms with van der Waals surface area (Å²) in [6.07, 6.45) is 2.79. The number of fused-ring (bicyclic) bond motifs is 1. The zero-order valence-corrected chi connectivity index (χ0v) is 23.1. The van der Waals surface area contributed by atoms with E-state index >= 15 is 0 Å². The smallest absolute Gasteiger partial charge is 0.444 e. The molecule has 1 aromatic heterocycles. The predicted octanol–water partition coefficient (Wildman–Crippen LogP) is 3.83. The number of carbonyl (C=O) groups is 1. The molecule has 0 atom stereocenters. The third-order valence-electron chi connectivity index (χ3n) is 8.11. The fraction of sp³-hybridized carbons (Fsp3) is 0.607. The summed E-state index contributed by atoms with van der Waals surface area (Å²) in [6, 6.07) is 8.28. The van der Waals surface area contributed by atoms with Gasteiger partial charge in [-0.1, -0.05) is 24.3 Å². The summed E-state index contributed by atoms with van der Waals surface area (Å²) in [5.41, 5.74) is 1.47. The minimum Gasteiger partial charge on any atom is -0.444 e. The first-order valence-electron chi connectivity index (χ1n) is 13.3. The largest absolute Gasteiger partial charge is 0.494 e. The average Bonchev–Trinajstić information content (AvgIpc) is 3.58. The highest BCUT2D eigenvalue weighted by Crippen LogP contribution is 2.52. The Kier molecular flexibility index (Phi) is 6.11. The van der Waals surface area contributed by atoms with Gasteiger partial charge in [-0.2, -0.15) is 0 Å². The van der Waals surface area contributed by atoms with Crippen LogP contribution >= 0.6 is 0 Å². The lowest BCUT2D eigenvalue weighted by atomic mass is 9.77. The Hall–Kier alpha value is -2.65. The molecule has 1 aromatic carbocycles. The van der Waals surface area contributed by atoms with Crippen molar-refractivity contribution in [2.45, 2.75) is 103 Å². The number of benzene rings is 1. The maximum absolute atomic E-state index is 13.3. The molecule has 2 fully saturated rings. The SMILES string of the molecule is CC(C)(C)OC(=O)N1CCCc2nc(C3(c4cccc(B5OC(C)(C)C(C)(C)O5)c4)CC3)[nH]c(=O)c2C1. The van der Waals surface area contributed by atoms with Crippen LogP contribution in [0.3, 0.4) is 0 Å². The molecular formula is C28H38BN3O5. The molecule has 2 aliphatic heterocycles. The first-order valence-corrected chi connectivity index (χ1v) is 13.3. The zero-order chi connectivity index (χ0) is 26.8. The topological polar surface area (TPSA) is 93.8 Å². The van der Waals surface area contributed by atoms with Crippen molar-refractivity contribution in [1.82, 2.24) is 14.9 Å². The van der Waals surface area contributed by atoms with Crippen LogP contribution in [0.5, 0.6) is 0 Å². The number of carbonyl (C=O) groups excluding carboxylic acids is 1. The van der Waals surface area contributed by atoms with Gasteiger partial charge in [0.1, 0.15) is 11.4 Å². The van der Waals surface area contributed by atoms with Gasteiger partial charge in [0.15, 0.2) is 0 Å². The van der Waals surface area contributed by atoms with Crippen LogP contribution in [0.4, 0.5) is 4.79 Å². The number of rotatable bonds is 3. The molecule has 1 saturated heterocycles. The summed E-state index contributed by atoms with van der Waals surface area (Å²) < 4.78 is 18.1. The van der Waals surface area contributed by atoms with Crippen LogP contribution in [0, 0.1) is 0 Å². The second kappa shape index (κ2) is 8.70. The number of hydrogen-bond donors (Lipinski definition) is 1. The zero-order valence-electron chi connectivity index (χ0n) is 23.1. The van der Waals surface area contributed by atoms with E-state index in [0.29, 0.717) is 24.4 Å². The summed E-state index contributed by atoms with van der Waals surface area (Å²) in [6.45, 7) is 14.5. The van der Waals surface area contributed by atoms with E-state index in [4.69, 9.17) is 19.0 Å². The van der Waals surface area contributed by atoms with Crippen molar-refractivity contribution < 1.29 is 18.8 Å². The number of amides is 1. The Balaban J connectivity index is 1.42. The second-order valence-corrected chi connectivity index (χ2v) is 12.6. The second-order valence-electron chi connectivity index (χ2n) is 12.6. The molecule has 198 valence electrons. The standard InChI is InChI=1S/C28H38BN3O5/c1-25(2,3)35-24(34)32-15-9-12-21-20(17-32)22(33)31-23(30-21)28(13-14-28)18-10-8-11-19(16-18)29-36-26(4,5)27(6,7)37-29/h8,10-11,16H,9,12-15,17H2,1-7H3,(H,30,31,33). The van der Waals surface area contributed by atoms with Crippen LogP contribution in [-0.2, 0) is 32.4 Å². The number of hydrogen-bond acceptors (Lipinski definition) is 6. The summed E-state index contributed by atoms with van der Waals surface area (Å²) >= 11 is 0. The van der Waals surface area contributed by atoms with Crippen LogP contribution in [0.2, 0.25) is 0 Å². The summed E-state index contributed by atoms with van der Waals surface area (Å²) in [5, 5.41) is 0. The minimum absolute atomic E-state index is 0.177. The lowest BCUT2D eigenvalue weighted by molar-refractivity contribution is 0.00578. The number of aryl methyl sites for hydroxylation is 1. The quantitative estimate of drug-likeness (QED) is 0.635. The van der Waals surface area contributed by atoms with E-state index in [0.717, 1.165) is 36.0 Å². The highest BCUT2D eigenvalue weighted by atomic mass is 16.7. The molecule has 0 radical (unpaired) electrons. The van der Waals surface area contributed by atoms with E-state index in [1.165, 1.54) is 0 Å². The van der Waals surface area contributed by atoms with Crippen molar-refractivity contribution in [3.8, 4) is 0 Å². The molecule has 1 N–H and O–H groups in total. The van der Waals surface area contributed by atoms with Crippen LogP contribution < -0.4 is 11.0 Å². The van der Waals surface area contributed by atoms with E-state index < -0.39 is 30.0 Å². The molecule has 3 heterocycles. The summed E-state index contributed by atoms with van der Waals surface area (Å²) in [5.74, 6) is 0.702. The van der Waals surface area contributed by atoms with Gasteiger partial charge in [-0.15, -0.1) is 0 Å². The molecule has 9 heteroatoms. The maximum atomic E-state index is 13.3. The molecule has 0 unspecified atom stereocenters. The lowest BCUT2D eigenvalue weighted by Crippen LogP contribution is -2.41. The van der Waals surface area contributed by atoms with Gasteiger partial charge in [-0.05, 0) is 85.2 Å². The van der Waals surface area contributed by atoms with Gasteiger partial charge in [0.2, 0.25) is 0 Å². The predicted molar refractivity (Wildman–Crippen MR) is 142 cm³/mol. The third kappa shape index (κ3) is 4.83. The van der Waals surface area contributed by atoms with Gasteiger partial charge in [-0.25, -0.2) is 9.78 Å². The van der Waals surface area contributed by atoms with Crippen molar-refractivity contribution in [3.63, 3.8) is 0 Å². The first-order chi connectivity index (χ1) is 17.2. The summed E-state index contributed by atoms with van der Waals surface area (Å²) in [4.78, 5) is 35.7. The minimum atomic E-state index is -0.590. The summed E-state index contributed by atoms with van der Waals surface area (Å²) in [7, 11) is -0.446. The molecule has 1 amide bonds. The molecular weight excluding hydrogens is 469 g/mol. The number of nitrogens with one attached hydrogen (secondary N) is 1. The molecule has 1 saturated carbocycles. The van der Waals surface area contributed by atoms with Crippen molar-refractivity contribution in [1.29, 1.82) is 0 Å². The van der Waals surface area contributed by atoms with Crippen molar-refractivity contribution in [2.24, 2.45) is 0 Å². The third-order valence-corrected chi connectivity index (χ3v) is 8.11. The average molecular weight is 507 g/mol. The molecule has 2 aromatic rings. The van der Waals surface area contributed by atoms with E-state index in [9.17, 15) is 9.59 Å². The Bertz CT molecular complexity index is 1260. The number of H-pyrrole nitrogens is 1. The normalized spacial score (nSPS) is 21.8. The molecule has 8 nitrogen and oxygen atoms in total. The highest BCUT2D eigenvalue weighted by molar-refractivity contribution is 6.62. The van der Waals surface area contributed by atoms with Gasteiger partial charge in [-0.3, -0.25) is 4.79 Å². The van der Waals surface area contributed by atoms with Gasteiger partial charge in [0.05, 0.1) is 34.4 Å². The van der Waals surface area contributed by atoms with Crippen molar-refractivity contribution >= 4 is 18.7 Å².